The number of alkyl halides is 3. The van der Waals surface area contributed by atoms with Crippen molar-refractivity contribution < 1.29 is 17.9 Å². The number of ether oxygens (including phenoxy) is 1. The van der Waals surface area contributed by atoms with Crippen LogP contribution in [-0.2, 0) is 4.74 Å². The Hall–Kier alpha value is -0.290. The predicted octanol–water partition coefficient (Wildman–Crippen LogP) is 3.27. The van der Waals surface area contributed by atoms with Crippen LogP contribution < -0.4 is 5.32 Å². The van der Waals surface area contributed by atoms with E-state index in [0.29, 0.717) is 6.04 Å². The van der Waals surface area contributed by atoms with Crippen LogP contribution in [0.1, 0.15) is 44.9 Å². The van der Waals surface area contributed by atoms with Gasteiger partial charge in [0.1, 0.15) is 0 Å². The number of halogens is 3. The first-order valence-corrected chi connectivity index (χ1v) is 6.38. The van der Waals surface area contributed by atoms with Gasteiger partial charge in [-0.1, -0.05) is 19.3 Å². The van der Waals surface area contributed by atoms with E-state index in [1.165, 1.54) is 12.8 Å². The largest absolute Gasteiger partial charge is 0.389 e. The van der Waals surface area contributed by atoms with E-state index in [9.17, 15) is 13.2 Å². The molecule has 0 heterocycles. The topological polar surface area (TPSA) is 21.3 Å². The summed E-state index contributed by atoms with van der Waals surface area (Å²) in [5, 5.41) is 3.20. The number of rotatable bonds is 5. The van der Waals surface area contributed by atoms with Crippen molar-refractivity contribution in [3.8, 4) is 0 Å². The van der Waals surface area contributed by atoms with E-state index in [4.69, 9.17) is 4.74 Å². The van der Waals surface area contributed by atoms with Gasteiger partial charge in [0.25, 0.3) is 0 Å². The summed E-state index contributed by atoms with van der Waals surface area (Å²) in [6.07, 6.45) is 0.834. The fourth-order valence-corrected chi connectivity index (χ4v) is 2.31. The van der Waals surface area contributed by atoms with Crippen molar-refractivity contribution in [2.75, 3.05) is 13.7 Å². The molecule has 1 fully saturated rings. The maximum Gasteiger partial charge on any atom is 0.389 e. The molecule has 1 aliphatic rings. The van der Waals surface area contributed by atoms with Gasteiger partial charge < -0.3 is 10.1 Å². The second kappa shape index (κ2) is 7.21. The Morgan fingerprint density at radius 1 is 1.18 bits per heavy atom. The highest BCUT2D eigenvalue weighted by Gasteiger charge is 2.27. The molecule has 5 heteroatoms. The minimum Gasteiger partial charge on any atom is -0.377 e. The van der Waals surface area contributed by atoms with Gasteiger partial charge in [-0.2, -0.15) is 13.2 Å². The van der Waals surface area contributed by atoms with Crippen LogP contribution in [0.15, 0.2) is 0 Å². The zero-order valence-corrected chi connectivity index (χ0v) is 10.4. The molecule has 2 unspecified atom stereocenters. The molecule has 0 bridgehead atoms. The second-order valence-electron chi connectivity index (χ2n) is 4.66. The minimum atomic E-state index is -4.06. The molecule has 0 amide bonds. The molecular formula is C12H22F3NO. The Labute approximate surface area is 101 Å². The highest BCUT2D eigenvalue weighted by molar-refractivity contribution is 4.79. The third-order valence-corrected chi connectivity index (χ3v) is 3.26. The molecule has 1 saturated carbocycles. The number of hydrogen-bond acceptors (Lipinski definition) is 2. The summed E-state index contributed by atoms with van der Waals surface area (Å²) >= 11 is 0. The molecule has 2 nitrogen and oxygen atoms in total. The van der Waals surface area contributed by atoms with Gasteiger partial charge in [-0.15, -0.1) is 0 Å². The Balaban J connectivity index is 2.23. The molecular weight excluding hydrogens is 231 g/mol. The molecule has 1 rings (SSSR count). The molecule has 0 radical (unpaired) electrons. The summed E-state index contributed by atoms with van der Waals surface area (Å²) in [4.78, 5) is 0. The maximum atomic E-state index is 12.0. The summed E-state index contributed by atoms with van der Waals surface area (Å²) in [6.45, 7) is 0.211. The van der Waals surface area contributed by atoms with Crippen LogP contribution in [0.4, 0.5) is 13.2 Å². The first-order valence-electron chi connectivity index (χ1n) is 6.38. The predicted molar refractivity (Wildman–Crippen MR) is 61.0 cm³/mol. The van der Waals surface area contributed by atoms with Gasteiger partial charge in [0.15, 0.2) is 0 Å². The van der Waals surface area contributed by atoms with Crippen LogP contribution in [0, 0.1) is 0 Å². The van der Waals surface area contributed by atoms with E-state index < -0.39 is 12.6 Å². The van der Waals surface area contributed by atoms with E-state index in [-0.39, 0.29) is 19.1 Å². The number of hydrogen-bond donors (Lipinski definition) is 1. The van der Waals surface area contributed by atoms with Gasteiger partial charge in [0, 0.05) is 19.1 Å². The third kappa shape index (κ3) is 6.27. The smallest absolute Gasteiger partial charge is 0.377 e. The van der Waals surface area contributed by atoms with Crippen molar-refractivity contribution in [2.45, 2.75) is 63.3 Å². The molecule has 2 atom stereocenters. The minimum absolute atomic E-state index is 0.0659. The van der Waals surface area contributed by atoms with Crippen LogP contribution in [0.25, 0.3) is 0 Å². The molecule has 0 spiro atoms. The van der Waals surface area contributed by atoms with Crippen molar-refractivity contribution >= 4 is 0 Å². The Morgan fingerprint density at radius 2 is 1.88 bits per heavy atom. The molecule has 0 aromatic rings. The van der Waals surface area contributed by atoms with E-state index in [2.05, 4.69) is 5.32 Å². The highest BCUT2D eigenvalue weighted by atomic mass is 19.4. The monoisotopic (exact) mass is 253 g/mol. The van der Waals surface area contributed by atoms with Gasteiger partial charge in [-0.05, 0) is 26.3 Å². The van der Waals surface area contributed by atoms with Crippen LogP contribution in [0.2, 0.25) is 0 Å². The van der Waals surface area contributed by atoms with E-state index in [0.717, 1.165) is 19.3 Å². The molecule has 0 saturated heterocycles. The van der Waals surface area contributed by atoms with Crippen molar-refractivity contribution in [3.63, 3.8) is 0 Å². The summed E-state index contributed by atoms with van der Waals surface area (Å²) in [5.74, 6) is 0. The number of nitrogens with one attached hydrogen (secondary N) is 1. The molecule has 102 valence electrons. The SMILES string of the molecule is CNC1CCCCCC1OCCCC(F)(F)F. The Morgan fingerprint density at radius 3 is 2.53 bits per heavy atom. The molecule has 0 aliphatic heterocycles. The molecule has 0 aromatic carbocycles. The van der Waals surface area contributed by atoms with Crippen molar-refractivity contribution in [1.82, 2.24) is 5.32 Å². The fraction of sp³-hybridized carbons (Fsp3) is 1.00. The van der Waals surface area contributed by atoms with Gasteiger partial charge >= 0.3 is 6.18 Å². The van der Waals surface area contributed by atoms with Gasteiger partial charge in [0.2, 0.25) is 0 Å². The van der Waals surface area contributed by atoms with E-state index in [1.807, 2.05) is 7.05 Å². The summed E-state index contributed by atoms with van der Waals surface area (Å²) in [6, 6.07) is 0.295. The fourth-order valence-electron chi connectivity index (χ4n) is 2.31. The molecule has 1 aliphatic carbocycles. The average Bonchev–Trinajstić information content (AvgIpc) is 2.47. The zero-order chi connectivity index (χ0) is 12.7. The maximum absolute atomic E-state index is 12.0. The second-order valence-corrected chi connectivity index (χ2v) is 4.66. The Kier molecular flexibility index (Phi) is 6.27. The summed E-state index contributed by atoms with van der Waals surface area (Å²) < 4.78 is 41.5. The van der Waals surface area contributed by atoms with E-state index in [1.54, 1.807) is 0 Å². The summed E-state index contributed by atoms with van der Waals surface area (Å²) in [5.41, 5.74) is 0. The average molecular weight is 253 g/mol. The molecule has 0 aromatic heterocycles. The lowest BCUT2D eigenvalue weighted by Crippen LogP contribution is -2.38. The molecule has 17 heavy (non-hydrogen) atoms. The van der Waals surface area contributed by atoms with Crippen LogP contribution >= 0.6 is 0 Å². The summed E-state index contributed by atoms with van der Waals surface area (Å²) in [7, 11) is 1.89. The standard InChI is InChI=1S/C12H22F3NO/c1-16-10-6-3-2-4-7-11(10)17-9-5-8-12(13,14)15/h10-11,16H,2-9H2,1H3. The molecule has 1 N–H and O–H groups in total. The van der Waals surface area contributed by atoms with E-state index >= 15 is 0 Å². The van der Waals surface area contributed by atoms with Crippen LogP contribution in [-0.4, -0.2) is 32.0 Å². The lowest BCUT2D eigenvalue weighted by Gasteiger charge is -2.25. The van der Waals surface area contributed by atoms with Crippen LogP contribution in [0.3, 0.4) is 0 Å². The Bertz CT molecular complexity index is 208. The van der Waals surface area contributed by atoms with Gasteiger partial charge in [-0.25, -0.2) is 0 Å². The normalized spacial score (nSPS) is 26.8. The van der Waals surface area contributed by atoms with Gasteiger partial charge in [-0.3, -0.25) is 0 Å². The van der Waals surface area contributed by atoms with Crippen molar-refractivity contribution in [3.05, 3.63) is 0 Å². The highest BCUT2D eigenvalue weighted by Crippen LogP contribution is 2.23. The van der Waals surface area contributed by atoms with Crippen LogP contribution in [0.5, 0.6) is 0 Å². The number of likely N-dealkylation sites (N-methyl/N-ethyl adjacent to an activating group) is 1. The van der Waals surface area contributed by atoms with Crippen molar-refractivity contribution in [2.24, 2.45) is 0 Å². The lowest BCUT2D eigenvalue weighted by atomic mass is 10.1. The first-order chi connectivity index (χ1) is 8.03. The first kappa shape index (κ1) is 14.8. The quantitative estimate of drug-likeness (QED) is 0.600. The lowest BCUT2D eigenvalue weighted by molar-refractivity contribution is -0.139. The zero-order valence-electron chi connectivity index (χ0n) is 10.4. The van der Waals surface area contributed by atoms with Gasteiger partial charge in [0.05, 0.1) is 6.10 Å². The van der Waals surface area contributed by atoms with Crippen molar-refractivity contribution in [1.29, 1.82) is 0 Å². The third-order valence-electron chi connectivity index (χ3n) is 3.26.